The van der Waals surface area contributed by atoms with Crippen LogP contribution in [-0.4, -0.2) is 139 Å². The first-order valence-corrected chi connectivity index (χ1v) is 24.3. The molecule has 0 unspecified atom stereocenters. The van der Waals surface area contributed by atoms with Gasteiger partial charge in [0.05, 0.1) is 47.1 Å². The average Bonchev–Trinajstić information content (AvgIpc) is 3.33. The van der Waals surface area contributed by atoms with Crippen LogP contribution >= 0.6 is 0 Å². The van der Waals surface area contributed by atoms with Crippen molar-refractivity contribution < 1.29 is 75.3 Å². The van der Waals surface area contributed by atoms with Crippen molar-refractivity contribution in [2.24, 2.45) is 35.5 Å². The maximum atomic E-state index is 14.6. The number of rotatable bonds is 9. The van der Waals surface area contributed by atoms with Crippen LogP contribution in [0, 0.1) is 35.5 Å². The Morgan fingerprint density at radius 2 is 1.72 bits per heavy atom. The molecule has 4 rings (SSSR count). The fourth-order valence-corrected chi connectivity index (χ4v) is 10.0. The summed E-state index contributed by atoms with van der Waals surface area (Å²) in [7, 11) is -0.0505. The smallest absolute Gasteiger partial charge is 0.329 e. The number of piperidine rings is 1. The van der Waals surface area contributed by atoms with Crippen molar-refractivity contribution in [2.75, 3.05) is 40.9 Å². The van der Waals surface area contributed by atoms with Crippen LogP contribution in [0.2, 0.25) is 0 Å². The Bertz CT molecular complexity index is 2180. The number of nitrogens with zero attached hydrogens (tertiary/aromatic N) is 1. The highest BCUT2D eigenvalue weighted by Crippen LogP contribution is 2.38. The van der Waals surface area contributed by atoms with Crippen molar-refractivity contribution in [2.45, 2.75) is 180 Å². The van der Waals surface area contributed by atoms with E-state index in [-0.39, 0.29) is 55.8 Å². The number of aliphatic hydroxyl groups is 3. The van der Waals surface area contributed by atoms with Gasteiger partial charge in [-0.05, 0) is 118 Å². The summed E-state index contributed by atoms with van der Waals surface area (Å²) in [6.07, 6.45) is 2.48. The Morgan fingerprint density at radius 3 is 2.41 bits per heavy atom. The lowest BCUT2D eigenvalue weighted by molar-refractivity contribution is -0.265. The molecule has 2 bridgehead atoms. The number of carbonyl (C=O) groups excluding carboxylic acids is 4. The molecule has 1 aliphatic carbocycles. The summed E-state index contributed by atoms with van der Waals surface area (Å²) in [5, 5.41) is 33.6. The highest BCUT2D eigenvalue weighted by molar-refractivity contribution is 6.39. The monoisotopic (exact) mass is 965 g/mol. The number of carbonyl (C=O) groups is 4. The van der Waals surface area contributed by atoms with Gasteiger partial charge in [-0.3, -0.25) is 14.4 Å². The molecule has 0 spiro atoms. The molecule has 14 nitrogen and oxygen atoms in total. The van der Waals surface area contributed by atoms with Crippen molar-refractivity contribution in [3.05, 3.63) is 59.8 Å². The van der Waals surface area contributed by atoms with Gasteiger partial charge >= 0.3 is 5.97 Å². The third-order valence-electron chi connectivity index (χ3n) is 14.4. The summed E-state index contributed by atoms with van der Waals surface area (Å²) in [5.74, 6) is -10.5. The number of aliphatic hydroxyl groups excluding tert-OH is 1. The molecule has 68 heavy (non-hydrogen) atoms. The Labute approximate surface area is 419 Å². The van der Waals surface area contributed by atoms with Gasteiger partial charge in [0.25, 0.3) is 11.7 Å². The van der Waals surface area contributed by atoms with Gasteiger partial charge in [-0.15, -0.1) is 0 Å². The Hall–Kier alpha value is -3.34. The second kappa shape index (κ2) is 27.3. The molecule has 3 aliphatic heterocycles. The lowest BCUT2D eigenvalue weighted by atomic mass is 9.78. The molecule has 3 fully saturated rings. The van der Waals surface area contributed by atoms with Crippen LogP contribution in [0.25, 0.3) is 0 Å². The quantitative estimate of drug-likeness (QED) is 0.120. The predicted octanol–water partition coefficient (Wildman–Crippen LogP) is 7.18. The zero-order valence-electron chi connectivity index (χ0n) is 50.6. The summed E-state index contributed by atoms with van der Waals surface area (Å²) in [4.78, 5) is 58.9. The Morgan fingerprint density at radius 1 is 0.971 bits per heavy atom. The van der Waals surface area contributed by atoms with Crippen molar-refractivity contribution >= 4 is 23.4 Å². The number of hydrogen-bond donors (Lipinski definition) is 3. The molecule has 3 heterocycles. The molecule has 15 atom stereocenters. The van der Waals surface area contributed by atoms with Crippen LogP contribution in [0.15, 0.2) is 59.8 Å². The Kier molecular flexibility index (Phi) is 17.9. The number of amides is 1. The van der Waals surface area contributed by atoms with Crippen LogP contribution in [0.4, 0.5) is 0 Å². The van der Waals surface area contributed by atoms with Crippen LogP contribution in [-0.2, 0) is 47.6 Å². The van der Waals surface area contributed by atoms with E-state index in [0.717, 1.165) is 4.90 Å². The summed E-state index contributed by atoms with van der Waals surface area (Å²) in [5.41, 5.74) is 1.47. The van der Waals surface area contributed by atoms with Gasteiger partial charge in [-0.1, -0.05) is 77.7 Å². The molecule has 0 aromatic rings. The number of Topliss-reactive ketones (excluding diaryl/α,β-unsaturated/α-hetero) is 2. The zero-order chi connectivity index (χ0) is 58.2. The van der Waals surface area contributed by atoms with Crippen LogP contribution in [0.5, 0.6) is 0 Å². The van der Waals surface area contributed by atoms with Crippen molar-refractivity contribution in [3.63, 3.8) is 0 Å². The van der Waals surface area contributed by atoms with Gasteiger partial charge in [0.15, 0.2) is 0 Å². The van der Waals surface area contributed by atoms with Gasteiger partial charge in [-0.2, -0.15) is 0 Å². The van der Waals surface area contributed by atoms with Gasteiger partial charge in [-0.25, -0.2) is 4.79 Å². The predicted molar refractivity (Wildman–Crippen MR) is 260 cm³/mol. The maximum Gasteiger partial charge on any atom is 0.329 e. The number of hydrogen-bond acceptors (Lipinski definition) is 13. The van der Waals surface area contributed by atoms with Gasteiger partial charge in [0, 0.05) is 55.2 Å². The summed E-state index contributed by atoms with van der Waals surface area (Å²) >= 11 is 0. The van der Waals surface area contributed by atoms with Gasteiger partial charge in [0.2, 0.25) is 5.79 Å². The maximum absolute atomic E-state index is 14.6. The molecular formula is C54H85NO13. The number of fused-ring (bicyclic) bond motifs is 3. The zero-order valence-corrected chi connectivity index (χ0v) is 41.6. The van der Waals surface area contributed by atoms with E-state index in [0.29, 0.717) is 55.2 Å². The summed E-state index contributed by atoms with van der Waals surface area (Å²) < 4.78 is 107. The number of allylic oxidation sites excluding steroid dienone is 6. The molecule has 0 aromatic carbocycles. The van der Waals surface area contributed by atoms with Crippen LogP contribution in [0.1, 0.15) is 138 Å². The standard InChI is InChI=1S/C54H85NO13/c1-33-17-13-12-14-18-34(2)46(63-9)31-42-22-20-39(7)54(62,68-42)51(59)52(60)55-24-16-15-19-43(55)53(61)67-47(37(5)29-41-21-23-45(66-26-25-56)48(30-41)64-10)32-44(57)36(4)28-38(6)49(58)50(65-11)40(8)35(3)27-33/h12-14,17-18,28,33,35-37,39,41-43,45-50,56,58,62H,8,15-16,19-27,29-32H2,1-7,9-11H3/b14-12+,17-13+,34-18+,38-28+/t33-,35-,36-,37-,39-,41+,42+,43+,45-,46+,47+,48-,49-,50+,54-/m1/s1/i9D3,20D2,25D2,26D2. The lowest BCUT2D eigenvalue weighted by Gasteiger charge is -2.42. The van der Waals surface area contributed by atoms with Crippen molar-refractivity contribution in [1.82, 2.24) is 4.90 Å². The van der Waals surface area contributed by atoms with E-state index < -0.39 is 123 Å². The van der Waals surface area contributed by atoms with E-state index in [9.17, 15) is 34.5 Å². The summed E-state index contributed by atoms with van der Waals surface area (Å²) in [6, 6.07) is -1.38. The molecular weight excluding hydrogens is 871 g/mol. The highest BCUT2D eigenvalue weighted by atomic mass is 16.6. The summed E-state index contributed by atoms with van der Waals surface area (Å²) in [6.45, 7) is 9.77. The molecule has 4 aliphatic rings. The third-order valence-corrected chi connectivity index (χ3v) is 14.4. The number of methoxy groups -OCH3 is 3. The first-order valence-electron chi connectivity index (χ1n) is 28.8. The second-order valence-corrected chi connectivity index (χ2v) is 19.6. The number of cyclic esters (lactones) is 1. The molecule has 3 N–H and O–H groups in total. The van der Waals surface area contributed by atoms with E-state index in [1.165, 1.54) is 21.1 Å². The fraction of sp³-hybridized carbons (Fsp3) is 0.741. The highest BCUT2D eigenvalue weighted by Gasteiger charge is 2.53. The number of ketones is 2. The first kappa shape index (κ1) is 44.6. The van der Waals surface area contributed by atoms with E-state index in [4.69, 9.17) is 40.8 Å². The fourth-order valence-electron chi connectivity index (χ4n) is 10.0. The lowest BCUT2D eigenvalue weighted by Crippen LogP contribution is -2.61. The minimum absolute atomic E-state index is 0.0201. The second-order valence-electron chi connectivity index (χ2n) is 19.6. The molecule has 1 saturated carbocycles. The van der Waals surface area contributed by atoms with Gasteiger partial charge in [0.1, 0.15) is 30.1 Å². The molecule has 14 heteroatoms. The van der Waals surface area contributed by atoms with E-state index >= 15 is 0 Å². The molecule has 1 amide bonds. The van der Waals surface area contributed by atoms with E-state index in [1.54, 1.807) is 52.0 Å². The molecule has 0 aromatic heterocycles. The van der Waals surface area contributed by atoms with Crippen LogP contribution in [0.3, 0.4) is 0 Å². The first-order chi connectivity index (χ1) is 35.6. The molecule has 2 saturated heterocycles. The van der Waals surface area contributed by atoms with E-state index in [1.807, 2.05) is 26.0 Å². The van der Waals surface area contributed by atoms with Crippen molar-refractivity contribution in [3.8, 4) is 0 Å². The topological polar surface area (TPSA) is 188 Å². The average molecular weight is 965 g/mol. The van der Waals surface area contributed by atoms with E-state index in [2.05, 4.69) is 6.58 Å². The number of esters is 1. The van der Waals surface area contributed by atoms with Crippen LogP contribution < -0.4 is 0 Å². The largest absolute Gasteiger partial charge is 0.460 e. The third kappa shape index (κ3) is 15.3. The minimum atomic E-state index is -3.30. The minimum Gasteiger partial charge on any atom is -0.460 e. The van der Waals surface area contributed by atoms with Crippen molar-refractivity contribution in [1.29, 1.82) is 0 Å². The Balaban J connectivity index is 1.77. The van der Waals surface area contributed by atoms with Gasteiger partial charge < -0.3 is 48.6 Å². The normalized spacial score (nSPS) is 42.5. The number of ether oxygens (including phenoxy) is 6. The SMILES string of the molecule is [2H]C([2H])([2H])O[C@H]1C[C@@H]2CC([2H])([2H])[C@@H](C)[C@@](O)(O2)C(=O)C(=O)N2CCCC[C@H]2C(=O)O[C@H]([C@H](C)C[C@@H]2CC[C@@H](OC([2H])([2H])C([2H])([2H])O)[C@H](OC)C2)CC(=O)[C@H](C)/C=C(\C)[C@@H](O)[C@@H](OC)C(=C)[C@H](C)C[C@H](C)/C=C/C=C/C=C/1C. The molecule has 384 valence electrons. The molecule has 0 radical (unpaired) electrons.